The number of aromatic nitrogens is 1. The molecule has 0 spiro atoms. The van der Waals surface area contributed by atoms with Gasteiger partial charge in [-0.3, -0.25) is 4.79 Å². The number of carbonyl (C=O) groups is 1. The number of ether oxygens (including phenoxy) is 2. The Labute approximate surface area is 121 Å². The number of thiazole rings is 1. The van der Waals surface area contributed by atoms with Gasteiger partial charge in [0.15, 0.2) is 0 Å². The average Bonchev–Trinajstić information content (AvgIpc) is 2.77. The number of methoxy groups -OCH3 is 2. The first-order valence-electron chi connectivity index (χ1n) is 6.02. The minimum Gasteiger partial charge on any atom is -0.497 e. The van der Waals surface area contributed by atoms with Crippen LogP contribution in [0, 0.1) is 13.8 Å². The summed E-state index contributed by atoms with van der Waals surface area (Å²) in [5.74, 6) is 1.04. The van der Waals surface area contributed by atoms with E-state index in [2.05, 4.69) is 10.3 Å². The molecule has 20 heavy (non-hydrogen) atoms. The highest BCUT2D eigenvalue weighted by molar-refractivity contribution is 7.13. The van der Waals surface area contributed by atoms with Gasteiger partial charge in [0.2, 0.25) is 0 Å². The molecule has 1 N–H and O–H groups in total. The first-order valence-corrected chi connectivity index (χ1v) is 6.84. The number of aryl methyl sites for hydroxylation is 2. The molecule has 0 aliphatic heterocycles. The molecular formula is C14H16N2O3S. The topological polar surface area (TPSA) is 60.5 Å². The lowest BCUT2D eigenvalue weighted by Gasteiger charge is -2.11. The molecule has 0 radical (unpaired) electrons. The van der Waals surface area contributed by atoms with Crippen LogP contribution in [0.4, 0.5) is 5.69 Å². The molecule has 1 amide bonds. The fourth-order valence-corrected chi connectivity index (χ4v) is 2.65. The van der Waals surface area contributed by atoms with E-state index in [-0.39, 0.29) is 5.91 Å². The summed E-state index contributed by atoms with van der Waals surface area (Å²) in [6, 6.07) is 5.25. The second kappa shape index (κ2) is 5.92. The number of amides is 1. The minimum atomic E-state index is -0.195. The van der Waals surface area contributed by atoms with E-state index in [1.807, 2.05) is 13.8 Å². The van der Waals surface area contributed by atoms with Gasteiger partial charge in [0, 0.05) is 6.07 Å². The lowest BCUT2D eigenvalue weighted by molar-refractivity contribution is 0.102. The maximum atomic E-state index is 12.3. The van der Waals surface area contributed by atoms with Gasteiger partial charge < -0.3 is 14.8 Å². The Morgan fingerprint density at radius 2 is 2.00 bits per heavy atom. The summed E-state index contributed by atoms with van der Waals surface area (Å²) in [4.78, 5) is 17.1. The van der Waals surface area contributed by atoms with Gasteiger partial charge in [-0.05, 0) is 26.0 Å². The van der Waals surface area contributed by atoms with Gasteiger partial charge in [-0.15, -0.1) is 11.3 Å². The van der Waals surface area contributed by atoms with Crippen LogP contribution in [0.1, 0.15) is 20.4 Å². The quantitative estimate of drug-likeness (QED) is 0.941. The first kappa shape index (κ1) is 14.3. The van der Waals surface area contributed by atoms with Gasteiger partial charge in [-0.25, -0.2) is 4.98 Å². The normalized spacial score (nSPS) is 10.2. The number of anilines is 1. The van der Waals surface area contributed by atoms with E-state index < -0.39 is 0 Å². The van der Waals surface area contributed by atoms with Crippen molar-refractivity contribution in [1.82, 2.24) is 4.98 Å². The van der Waals surface area contributed by atoms with E-state index in [4.69, 9.17) is 9.47 Å². The molecule has 2 aromatic rings. The van der Waals surface area contributed by atoms with Gasteiger partial charge in [-0.2, -0.15) is 0 Å². The Kier molecular flexibility index (Phi) is 4.24. The molecule has 1 heterocycles. The molecule has 0 fully saturated rings. The maximum Gasteiger partial charge on any atom is 0.267 e. The van der Waals surface area contributed by atoms with Crippen molar-refractivity contribution < 1.29 is 14.3 Å². The maximum absolute atomic E-state index is 12.3. The molecule has 0 aliphatic rings. The average molecular weight is 292 g/mol. The third-order valence-corrected chi connectivity index (χ3v) is 3.84. The van der Waals surface area contributed by atoms with Crippen LogP contribution >= 0.6 is 11.3 Å². The van der Waals surface area contributed by atoms with Crippen molar-refractivity contribution in [3.63, 3.8) is 0 Å². The molecule has 0 bridgehead atoms. The van der Waals surface area contributed by atoms with E-state index in [0.29, 0.717) is 22.1 Å². The van der Waals surface area contributed by atoms with Crippen molar-refractivity contribution >= 4 is 22.9 Å². The molecule has 5 nitrogen and oxygen atoms in total. The second-order valence-corrected chi connectivity index (χ2v) is 5.37. The number of carbonyl (C=O) groups excluding carboxylic acids is 1. The number of benzene rings is 1. The van der Waals surface area contributed by atoms with Crippen molar-refractivity contribution in [3.05, 3.63) is 33.8 Å². The van der Waals surface area contributed by atoms with E-state index in [1.54, 1.807) is 32.4 Å². The molecule has 1 aromatic heterocycles. The number of hydrogen-bond acceptors (Lipinski definition) is 5. The van der Waals surface area contributed by atoms with Crippen molar-refractivity contribution in [2.24, 2.45) is 0 Å². The van der Waals surface area contributed by atoms with Gasteiger partial charge in [0.25, 0.3) is 5.91 Å². The molecule has 2 rings (SSSR count). The highest BCUT2D eigenvalue weighted by Gasteiger charge is 2.16. The van der Waals surface area contributed by atoms with E-state index in [9.17, 15) is 4.79 Å². The van der Waals surface area contributed by atoms with E-state index >= 15 is 0 Å². The second-order valence-electron chi connectivity index (χ2n) is 4.17. The zero-order chi connectivity index (χ0) is 14.7. The molecule has 106 valence electrons. The molecule has 1 aromatic carbocycles. The van der Waals surface area contributed by atoms with Crippen molar-refractivity contribution in [1.29, 1.82) is 0 Å². The zero-order valence-corrected chi connectivity index (χ0v) is 12.6. The molecule has 0 saturated heterocycles. The van der Waals surface area contributed by atoms with Crippen LogP contribution in [0.2, 0.25) is 0 Å². The fraction of sp³-hybridized carbons (Fsp3) is 0.286. The SMILES string of the molecule is COc1ccc(OC)c(NC(=O)c2sc(C)nc2C)c1. The summed E-state index contributed by atoms with van der Waals surface area (Å²) >= 11 is 1.37. The molecule has 0 atom stereocenters. The number of nitrogens with zero attached hydrogens (tertiary/aromatic N) is 1. The van der Waals surface area contributed by atoms with Gasteiger partial charge >= 0.3 is 0 Å². The summed E-state index contributed by atoms with van der Waals surface area (Å²) in [7, 11) is 3.13. The third-order valence-electron chi connectivity index (χ3n) is 2.76. The number of hydrogen-bond donors (Lipinski definition) is 1. The third kappa shape index (κ3) is 2.91. The largest absolute Gasteiger partial charge is 0.497 e. The van der Waals surface area contributed by atoms with Gasteiger partial charge in [-0.1, -0.05) is 0 Å². The number of nitrogens with one attached hydrogen (secondary N) is 1. The lowest BCUT2D eigenvalue weighted by atomic mass is 10.2. The van der Waals surface area contributed by atoms with Gasteiger partial charge in [0.05, 0.1) is 30.6 Å². The Hall–Kier alpha value is -2.08. The Morgan fingerprint density at radius 3 is 2.55 bits per heavy atom. The smallest absolute Gasteiger partial charge is 0.267 e. The molecular weight excluding hydrogens is 276 g/mol. The van der Waals surface area contributed by atoms with Crippen molar-refractivity contribution in [2.75, 3.05) is 19.5 Å². The van der Waals surface area contributed by atoms with Crippen molar-refractivity contribution in [3.8, 4) is 11.5 Å². The molecule has 0 unspecified atom stereocenters. The highest BCUT2D eigenvalue weighted by atomic mass is 32.1. The van der Waals surface area contributed by atoms with Crippen LogP contribution in [-0.2, 0) is 0 Å². The summed E-state index contributed by atoms with van der Waals surface area (Å²) in [5, 5.41) is 3.70. The van der Waals surface area contributed by atoms with E-state index in [1.165, 1.54) is 11.3 Å². The van der Waals surface area contributed by atoms with Crippen LogP contribution < -0.4 is 14.8 Å². The zero-order valence-electron chi connectivity index (χ0n) is 11.8. The van der Waals surface area contributed by atoms with E-state index in [0.717, 1.165) is 10.7 Å². The van der Waals surface area contributed by atoms with Crippen LogP contribution in [0.25, 0.3) is 0 Å². The van der Waals surface area contributed by atoms with Crippen LogP contribution in [0.3, 0.4) is 0 Å². The number of rotatable bonds is 4. The first-order chi connectivity index (χ1) is 9.55. The summed E-state index contributed by atoms with van der Waals surface area (Å²) in [6.45, 7) is 3.70. The Morgan fingerprint density at radius 1 is 1.25 bits per heavy atom. The Balaban J connectivity index is 2.29. The Bertz CT molecular complexity index is 637. The summed E-state index contributed by atoms with van der Waals surface area (Å²) in [5.41, 5.74) is 1.30. The van der Waals surface area contributed by atoms with Gasteiger partial charge in [0.1, 0.15) is 16.4 Å². The lowest BCUT2D eigenvalue weighted by Crippen LogP contribution is -2.12. The van der Waals surface area contributed by atoms with Crippen molar-refractivity contribution in [2.45, 2.75) is 13.8 Å². The predicted octanol–water partition coefficient (Wildman–Crippen LogP) is 3.03. The summed E-state index contributed by atoms with van der Waals surface area (Å²) in [6.07, 6.45) is 0. The standard InChI is InChI=1S/C14H16N2O3S/c1-8-13(20-9(2)15-8)14(17)16-11-7-10(18-3)5-6-12(11)19-4/h5-7H,1-4H3,(H,16,17). The molecule has 0 aliphatic carbocycles. The predicted molar refractivity (Wildman–Crippen MR) is 79.1 cm³/mol. The minimum absolute atomic E-state index is 0.195. The molecule has 6 heteroatoms. The fourth-order valence-electron chi connectivity index (χ4n) is 1.83. The monoisotopic (exact) mass is 292 g/mol. The summed E-state index contributed by atoms with van der Waals surface area (Å²) < 4.78 is 10.4. The van der Waals surface area contributed by atoms with Crippen LogP contribution in [-0.4, -0.2) is 25.1 Å². The highest BCUT2D eigenvalue weighted by Crippen LogP contribution is 2.30. The van der Waals surface area contributed by atoms with Crippen LogP contribution in [0.15, 0.2) is 18.2 Å². The molecule has 0 saturated carbocycles. The van der Waals surface area contributed by atoms with Crippen LogP contribution in [0.5, 0.6) is 11.5 Å².